The molecule has 0 saturated heterocycles. The Kier molecular flexibility index (Phi) is 3.52. The molecular weight excluding hydrogens is 272 g/mol. The van der Waals surface area contributed by atoms with Crippen LogP contribution in [0.2, 0.25) is 0 Å². The van der Waals surface area contributed by atoms with Crippen molar-refractivity contribution in [2.45, 2.75) is 17.0 Å². The van der Waals surface area contributed by atoms with Crippen LogP contribution in [0.5, 0.6) is 0 Å². The maximum atomic E-state index is 11.0. The van der Waals surface area contributed by atoms with Crippen molar-refractivity contribution in [2.75, 3.05) is 0 Å². The number of carboxylic acids is 1. The number of oxazole rings is 1. The number of hydrogen-bond donors (Lipinski definition) is 1. The van der Waals surface area contributed by atoms with Gasteiger partial charge in [0.15, 0.2) is 0 Å². The van der Waals surface area contributed by atoms with Crippen LogP contribution < -0.4 is 0 Å². The number of carboxylic acid groups (broad SMARTS) is 1. The van der Waals surface area contributed by atoms with Gasteiger partial charge in [-0.25, -0.2) is 9.78 Å². The standard InChI is InChI=1S/C11H8N2O5S/c1-6-8(13(16)17)4-7(10(14)15)5-9(6)19-11-12-2-3-18-11/h2-5H,1H3,(H,14,15). The van der Waals surface area contributed by atoms with Gasteiger partial charge in [-0.2, -0.15) is 0 Å². The molecule has 0 saturated carbocycles. The Morgan fingerprint density at radius 3 is 2.79 bits per heavy atom. The van der Waals surface area contributed by atoms with E-state index in [0.717, 1.165) is 17.8 Å². The highest BCUT2D eigenvalue weighted by molar-refractivity contribution is 7.99. The number of nitro benzene ring substituents is 1. The highest BCUT2D eigenvalue weighted by Crippen LogP contribution is 2.34. The molecule has 0 aliphatic carbocycles. The summed E-state index contributed by atoms with van der Waals surface area (Å²) in [6, 6.07) is 2.40. The molecular formula is C11H8N2O5S. The van der Waals surface area contributed by atoms with Crippen molar-refractivity contribution < 1.29 is 19.2 Å². The van der Waals surface area contributed by atoms with Crippen LogP contribution in [0.25, 0.3) is 0 Å². The minimum Gasteiger partial charge on any atom is -0.478 e. The fourth-order valence-corrected chi connectivity index (χ4v) is 2.30. The molecule has 0 spiro atoms. The number of aromatic nitrogens is 1. The molecule has 0 radical (unpaired) electrons. The monoisotopic (exact) mass is 280 g/mol. The van der Waals surface area contributed by atoms with Gasteiger partial charge in [-0.15, -0.1) is 0 Å². The maximum Gasteiger partial charge on any atom is 0.335 e. The van der Waals surface area contributed by atoms with Crippen molar-refractivity contribution in [2.24, 2.45) is 0 Å². The summed E-state index contributed by atoms with van der Waals surface area (Å²) in [6.07, 6.45) is 2.81. The zero-order chi connectivity index (χ0) is 14.0. The van der Waals surface area contributed by atoms with E-state index < -0.39 is 10.9 Å². The molecule has 7 nitrogen and oxygen atoms in total. The third kappa shape index (κ3) is 2.74. The summed E-state index contributed by atoms with van der Waals surface area (Å²) in [5, 5.41) is 20.2. The van der Waals surface area contributed by atoms with Crippen LogP contribution in [0, 0.1) is 17.0 Å². The number of carbonyl (C=O) groups is 1. The van der Waals surface area contributed by atoms with Crippen molar-refractivity contribution in [1.82, 2.24) is 4.98 Å². The third-order valence-electron chi connectivity index (χ3n) is 2.38. The van der Waals surface area contributed by atoms with E-state index in [0.29, 0.717) is 15.7 Å². The van der Waals surface area contributed by atoms with Crippen LogP contribution in [0.3, 0.4) is 0 Å². The van der Waals surface area contributed by atoms with E-state index in [9.17, 15) is 14.9 Å². The van der Waals surface area contributed by atoms with Crippen LogP contribution in [-0.2, 0) is 0 Å². The summed E-state index contributed by atoms with van der Waals surface area (Å²) in [7, 11) is 0. The number of nitro groups is 1. The van der Waals surface area contributed by atoms with Crippen molar-refractivity contribution >= 4 is 23.4 Å². The van der Waals surface area contributed by atoms with E-state index in [1.807, 2.05) is 0 Å². The predicted molar refractivity (Wildman–Crippen MR) is 65.4 cm³/mol. The first-order valence-corrected chi connectivity index (χ1v) is 5.90. The highest BCUT2D eigenvalue weighted by atomic mass is 32.2. The van der Waals surface area contributed by atoms with Crippen LogP contribution in [0.1, 0.15) is 15.9 Å². The van der Waals surface area contributed by atoms with Crippen molar-refractivity contribution in [1.29, 1.82) is 0 Å². The summed E-state index contributed by atoms with van der Waals surface area (Å²) in [5.74, 6) is -1.22. The molecule has 1 N–H and O–H groups in total. The van der Waals surface area contributed by atoms with Crippen LogP contribution >= 0.6 is 11.8 Å². The van der Waals surface area contributed by atoms with Gasteiger partial charge in [0.1, 0.15) is 6.26 Å². The number of benzene rings is 1. The van der Waals surface area contributed by atoms with Crippen LogP contribution in [-0.4, -0.2) is 21.0 Å². The van der Waals surface area contributed by atoms with Gasteiger partial charge in [-0.05, 0) is 24.8 Å². The Hall–Kier alpha value is -2.35. The Balaban J connectivity index is 2.52. The van der Waals surface area contributed by atoms with E-state index in [-0.39, 0.29) is 11.3 Å². The van der Waals surface area contributed by atoms with E-state index in [1.165, 1.54) is 18.5 Å². The molecule has 0 unspecified atom stereocenters. The van der Waals surface area contributed by atoms with Gasteiger partial charge >= 0.3 is 5.97 Å². The van der Waals surface area contributed by atoms with Gasteiger partial charge < -0.3 is 9.52 Å². The van der Waals surface area contributed by atoms with Gasteiger partial charge in [-0.3, -0.25) is 10.1 Å². The molecule has 0 aliphatic heterocycles. The van der Waals surface area contributed by atoms with Crippen LogP contribution in [0.15, 0.2) is 39.1 Å². The molecule has 0 atom stereocenters. The molecule has 0 aliphatic rings. The van der Waals surface area contributed by atoms with E-state index in [4.69, 9.17) is 9.52 Å². The van der Waals surface area contributed by atoms with E-state index in [2.05, 4.69) is 4.98 Å². The van der Waals surface area contributed by atoms with E-state index in [1.54, 1.807) is 6.92 Å². The topological polar surface area (TPSA) is 106 Å². The fourth-order valence-electron chi connectivity index (χ4n) is 1.45. The average molecular weight is 280 g/mol. The Bertz CT molecular complexity index is 639. The highest BCUT2D eigenvalue weighted by Gasteiger charge is 2.20. The fraction of sp³-hybridized carbons (Fsp3) is 0.0909. The smallest absolute Gasteiger partial charge is 0.335 e. The second-order valence-corrected chi connectivity index (χ2v) is 4.57. The number of rotatable bonds is 4. The predicted octanol–water partition coefficient (Wildman–Crippen LogP) is 2.74. The second kappa shape index (κ2) is 5.11. The molecule has 1 aromatic heterocycles. The summed E-state index contributed by atoms with van der Waals surface area (Å²) in [6.45, 7) is 1.55. The SMILES string of the molecule is Cc1c(Sc2ncco2)cc(C(=O)O)cc1[N+](=O)[O-]. The summed E-state index contributed by atoms with van der Waals surface area (Å²) in [5.41, 5.74) is -0.0153. The zero-order valence-electron chi connectivity index (χ0n) is 9.69. The molecule has 0 fully saturated rings. The lowest BCUT2D eigenvalue weighted by Crippen LogP contribution is -2.01. The molecule has 98 valence electrons. The molecule has 1 aromatic carbocycles. The first kappa shape index (κ1) is 13.1. The number of nitrogens with zero attached hydrogens (tertiary/aromatic N) is 2. The molecule has 0 amide bonds. The summed E-state index contributed by atoms with van der Waals surface area (Å²) >= 11 is 1.04. The third-order valence-corrected chi connectivity index (χ3v) is 3.40. The van der Waals surface area contributed by atoms with Gasteiger partial charge in [-0.1, -0.05) is 0 Å². The number of aromatic carboxylic acids is 1. The van der Waals surface area contributed by atoms with Gasteiger partial charge in [0.05, 0.1) is 16.7 Å². The summed E-state index contributed by atoms with van der Waals surface area (Å²) < 4.78 is 5.03. The second-order valence-electron chi connectivity index (χ2n) is 3.58. The lowest BCUT2D eigenvalue weighted by Gasteiger charge is -2.05. The first-order chi connectivity index (χ1) is 8.99. The summed E-state index contributed by atoms with van der Waals surface area (Å²) in [4.78, 5) is 25.6. The first-order valence-electron chi connectivity index (χ1n) is 5.08. The Labute approximate surface area is 111 Å². The normalized spacial score (nSPS) is 10.4. The average Bonchev–Trinajstić information content (AvgIpc) is 2.83. The van der Waals surface area contributed by atoms with Crippen molar-refractivity contribution in [3.05, 3.63) is 45.8 Å². The molecule has 0 bridgehead atoms. The van der Waals surface area contributed by atoms with Gasteiger partial charge in [0, 0.05) is 16.5 Å². The maximum absolute atomic E-state index is 11.0. The van der Waals surface area contributed by atoms with Crippen molar-refractivity contribution in [3.8, 4) is 0 Å². The van der Waals surface area contributed by atoms with E-state index >= 15 is 0 Å². The Morgan fingerprint density at radius 1 is 1.53 bits per heavy atom. The zero-order valence-corrected chi connectivity index (χ0v) is 10.5. The lowest BCUT2D eigenvalue weighted by atomic mass is 10.1. The molecule has 2 rings (SSSR count). The molecule has 2 aromatic rings. The van der Waals surface area contributed by atoms with Crippen LogP contribution in [0.4, 0.5) is 5.69 Å². The lowest BCUT2D eigenvalue weighted by molar-refractivity contribution is -0.385. The largest absolute Gasteiger partial charge is 0.478 e. The minimum atomic E-state index is -1.22. The Morgan fingerprint density at radius 2 is 2.26 bits per heavy atom. The van der Waals surface area contributed by atoms with Gasteiger partial charge in [0.25, 0.3) is 10.9 Å². The quantitative estimate of drug-likeness (QED) is 0.677. The minimum absolute atomic E-state index is 0.147. The molecule has 19 heavy (non-hydrogen) atoms. The van der Waals surface area contributed by atoms with Gasteiger partial charge in [0.2, 0.25) is 0 Å². The molecule has 1 heterocycles. The van der Waals surface area contributed by atoms with Crippen molar-refractivity contribution in [3.63, 3.8) is 0 Å². The molecule has 8 heteroatoms. The number of hydrogen-bond acceptors (Lipinski definition) is 6.